The van der Waals surface area contributed by atoms with E-state index in [1.807, 2.05) is 58.0 Å². The molecule has 0 bridgehead atoms. The number of carbonyl (C=O) groups excluding carboxylic acids is 2. The van der Waals surface area contributed by atoms with Crippen molar-refractivity contribution < 1.29 is 14.3 Å². The maximum absolute atomic E-state index is 11.0. The second-order valence-electron chi connectivity index (χ2n) is 3.88. The fourth-order valence-corrected chi connectivity index (χ4v) is 0.933. The molecular weight excluding hydrogens is 292 g/mol. The number of nitrogens with two attached hydrogens (primary N) is 1. The van der Waals surface area contributed by atoms with E-state index in [1.54, 1.807) is 0 Å². The molecule has 0 saturated heterocycles. The summed E-state index contributed by atoms with van der Waals surface area (Å²) in [5, 5.41) is 2.22. The summed E-state index contributed by atoms with van der Waals surface area (Å²) < 4.78 is 4.82. The Morgan fingerprint density at radius 3 is 1.87 bits per heavy atom. The summed E-state index contributed by atoms with van der Waals surface area (Å²) in [5.74, 6) is -0.605. The molecule has 0 spiro atoms. The number of ether oxygens (including phenoxy) is 1. The molecule has 1 rings (SSSR count). The summed E-state index contributed by atoms with van der Waals surface area (Å²) in [6, 6.07) is 9.24. The van der Waals surface area contributed by atoms with Gasteiger partial charge in [-0.15, -0.1) is 0 Å². The van der Waals surface area contributed by atoms with Crippen molar-refractivity contribution in [3.8, 4) is 0 Å². The van der Waals surface area contributed by atoms with Crippen molar-refractivity contribution in [1.82, 2.24) is 5.32 Å². The van der Waals surface area contributed by atoms with Gasteiger partial charge in [0.2, 0.25) is 5.91 Å². The zero-order valence-corrected chi connectivity index (χ0v) is 15.5. The molecule has 23 heavy (non-hydrogen) atoms. The molecule has 0 atom stereocenters. The van der Waals surface area contributed by atoms with Crippen LogP contribution >= 0.6 is 0 Å². The van der Waals surface area contributed by atoms with Crippen molar-refractivity contribution in [3.63, 3.8) is 0 Å². The van der Waals surface area contributed by atoms with E-state index >= 15 is 0 Å². The van der Waals surface area contributed by atoms with Crippen LogP contribution in [0.4, 0.5) is 4.79 Å². The monoisotopic (exact) mass is 326 g/mol. The molecule has 5 nitrogen and oxygen atoms in total. The van der Waals surface area contributed by atoms with Crippen molar-refractivity contribution in [3.05, 3.63) is 35.9 Å². The highest BCUT2D eigenvalue weighted by Crippen LogP contribution is 2.00. The Hall–Kier alpha value is -2.04. The second-order valence-corrected chi connectivity index (χ2v) is 3.88. The summed E-state index contributed by atoms with van der Waals surface area (Å²) in [5.41, 5.74) is 5.72. The van der Waals surface area contributed by atoms with Gasteiger partial charge in [-0.25, -0.2) is 4.79 Å². The molecule has 0 aliphatic carbocycles. The minimum absolute atomic E-state index is 0.172. The van der Waals surface area contributed by atoms with Crippen LogP contribution in [0.15, 0.2) is 30.3 Å². The molecule has 0 radical (unpaired) electrons. The quantitative estimate of drug-likeness (QED) is 0.848. The molecule has 1 aromatic rings. The van der Waals surface area contributed by atoms with Gasteiger partial charge in [-0.05, 0) is 5.56 Å². The lowest BCUT2D eigenvalue weighted by Crippen LogP contribution is -2.33. The average Bonchev–Trinajstić information content (AvgIpc) is 2.62. The van der Waals surface area contributed by atoms with Crippen molar-refractivity contribution in [1.29, 1.82) is 0 Å². The molecule has 0 fully saturated rings. The van der Waals surface area contributed by atoms with E-state index in [1.165, 1.54) is 12.8 Å². The van der Waals surface area contributed by atoms with E-state index in [9.17, 15) is 9.59 Å². The largest absolute Gasteiger partial charge is 0.445 e. The zero-order chi connectivity index (χ0) is 18.5. The molecule has 0 saturated carbocycles. The topological polar surface area (TPSA) is 81.4 Å². The van der Waals surface area contributed by atoms with Gasteiger partial charge in [-0.2, -0.15) is 0 Å². The summed E-state index contributed by atoms with van der Waals surface area (Å²) >= 11 is 0. The van der Waals surface area contributed by atoms with Crippen molar-refractivity contribution in [2.24, 2.45) is 5.73 Å². The number of alkyl carbamates (subject to hydrolysis) is 1. The maximum atomic E-state index is 11.0. The molecule has 0 aromatic heterocycles. The van der Waals surface area contributed by atoms with E-state index in [4.69, 9.17) is 10.5 Å². The summed E-state index contributed by atoms with van der Waals surface area (Å²) in [7, 11) is 0. The Kier molecular flexibility index (Phi) is 25.0. The van der Waals surface area contributed by atoms with Crippen LogP contribution in [0.2, 0.25) is 0 Å². The van der Waals surface area contributed by atoms with Crippen LogP contribution in [0.1, 0.15) is 59.9 Å². The first-order chi connectivity index (χ1) is 11.1. The molecular formula is C18H34N2O3. The first-order valence-corrected chi connectivity index (χ1v) is 8.33. The standard InChI is InChI=1S/C10H12N2O3.C4H10.2C2H6/c11-9(13)6-12-10(14)15-7-8-4-2-1-3-5-8;1-3-4-2;2*1-2/h1-5H,6-7H2,(H2,11,13)(H,12,14);3-4H2,1-2H3;2*1-2H3. The normalized spacial score (nSPS) is 7.91. The molecule has 0 heterocycles. The van der Waals surface area contributed by atoms with E-state index in [2.05, 4.69) is 19.2 Å². The molecule has 0 unspecified atom stereocenters. The highest BCUT2D eigenvalue weighted by atomic mass is 16.5. The van der Waals surface area contributed by atoms with Crippen molar-refractivity contribution in [2.45, 2.75) is 61.0 Å². The van der Waals surface area contributed by atoms with Crippen LogP contribution in [0.3, 0.4) is 0 Å². The number of amides is 2. The van der Waals surface area contributed by atoms with Gasteiger partial charge in [0.25, 0.3) is 0 Å². The van der Waals surface area contributed by atoms with E-state index in [-0.39, 0.29) is 13.2 Å². The summed E-state index contributed by atoms with van der Waals surface area (Å²) in [6.45, 7) is 12.3. The third-order valence-electron chi connectivity index (χ3n) is 2.12. The van der Waals surface area contributed by atoms with E-state index in [0.717, 1.165) is 5.56 Å². The maximum Gasteiger partial charge on any atom is 0.407 e. The van der Waals surface area contributed by atoms with Gasteiger partial charge in [-0.1, -0.05) is 84.7 Å². The van der Waals surface area contributed by atoms with Gasteiger partial charge in [-0.3, -0.25) is 4.79 Å². The smallest absolute Gasteiger partial charge is 0.407 e. The first-order valence-electron chi connectivity index (χ1n) is 8.33. The van der Waals surface area contributed by atoms with Gasteiger partial charge in [0.1, 0.15) is 6.61 Å². The number of carbonyl (C=O) groups is 2. The number of benzene rings is 1. The highest BCUT2D eigenvalue weighted by molar-refractivity contribution is 5.80. The van der Waals surface area contributed by atoms with E-state index < -0.39 is 12.0 Å². The average molecular weight is 326 g/mol. The Morgan fingerprint density at radius 2 is 1.48 bits per heavy atom. The first kappa shape index (κ1) is 25.9. The molecule has 0 aliphatic heterocycles. The zero-order valence-electron chi connectivity index (χ0n) is 15.5. The van der Waals surface area contributed by atoms with Crippen LogP contribution in [-0.2, 0) is 16.1 Å². The SMILES string of the molecule is CC.CC.CCCC.NC(=O)CNC(=O)OCc1ccccc1. The fraction of sp³-hybridized carbons (Fsp3) is 0.556. The minimum Gasteiger partial charge on any atom is -0.445 e. The molecule has 0 aliphatic rings. The number of rotatable bonds is 5. The molecule has 1 aromatic carbocycles. The molecule has 5 heteroatoms. The Bertz CT molecular complexity index is 366. The van der Waals surface area contributed by atoms with Gasteiger partial charge in [0, 0.05) is 0 Å². The summed E-state index contributed by atoms with van der Waals surface area (Å²) in [4.78, 5) is 21.3. The van der Waals surface area contributed by atoms with Crippen molar-refractivity contribution in [2.75, 3.05) is 6.54 Å². The number of primary amides is 1. The number of hydrogen-bond donors (Lipinski definition) is 2. The molecule has 134 valence electrons. The van der Waals surface area contributed by atoms with Gasteiger partial charge in [0.15, 0.2) is 0 Å². The third-order valence-corrected chi connectivity index (χ3v) is 2.12. The minimum atomic E-state index is -0.655. The molecule has 3 N–H and O–H groups in total. The third kappa shape index (κ3) is 22.4. The van der Waals surface area contributed by atoms with Crippen LogP contribution in [0, 0.1) is 0 Å². The lowest BCUT2D eigenvalue weighted by molar-refractivity contribution is -0.117. The van der Waals surface area contributed by atoms with Crippen LogP contribution in [-0.4, -0.2) is 18.5 Å². The highest BCUT2D eigenvalue weighted by Gasteiger charge is 2.03. The number of unbranched alkanes of at least 4 members (excludes halogenated alkanes) is 1. The predicted octanol–water partition coefficient (Wildman–Crippen LogP) is 4.26. The van der Waals surface area contributed by atoms with Gasteiger partial charge in [0.05, 0.1) is 6.54 Å². The van der Waals surface area contributed by atoms with Gasteiger partial charge >= 0.3 is 6.09 Å². The number of nitrogens with one attached hydrogen (secondary N) is 1. The molecule has 2 amide bonds. The Morgan fingerprint density at radius 1 is 1.00 bits per heavy atom. The van der Waals surface area contributed by atoms with Crippen LogP contribution < -0.4 is 11.1 Å². The van der Waals surface area contributed by atoms with Crippen LogP contribution in [0.25, 0.3) is 0 Å². The van der Waals surface area contributed by atoms with Crippen molar-refractivity contribution >= 4 is 12.0 Å². The Balaban J connectivity index is -0.000000426. The van der Waals surface area contributed by atoms with Crippen LogP contribution in [0.5, 0.6) is 0 Å². The van der Waals surface area contributed by atoms with E-state index in [0.29, 0.717) is 0 Å². The Labute approximate surface area is 141 Å². The second kappa shape index (κ2) is 22.2. The lowest BCUT2D eigenvalue weighted by atomic mass is 10.2. The predicted molar refractivity (Wildman–Crippen MR) is 97.1 cm³/mol. The fourth-order valence-electron chi connectivity index (χ4n) is 0.933. The summed E-state index contributed by atoms with van der Waals surface area (Å²) in [6.07, 6.45) is 1.98. The van der Waals surface area contributed by atoms with Gasteiger partial charge < -0.3 is 15.8 Å². The number of hydrogen-bond acceptors (Lipinski definition) is 3. The lowest BCUT2D eigenvalue weighted by Gasteiger charge is -2.05.